The molecule has 1 amide bonds. The molecule has 0 bridgehead atoms. The van der Waals surface area contributed by atoms with Crippen LogP contribution < -0.4 is 10.6 Å². The molecule has 1 unspecified atom stereocenters. The molecular weight excluding hydrogens is 144 g/mol. The van der Waals surface area contributed by atoms with Crippen LogP contribution in [-0.4, -0.2) is 38.8 Å². The van der Waals surface area contributed by atoms with Crippen LogP contribution in [0.5, 0.6) is 0 Å². The van der Waals surface area contributed by atoms with Gasteiger partial charge in [-0.3, -0.25) is 4.79 Å². The molecule has 0 aliphatic carbocycles. The Kier molecular flexibility index (Phi) is 3.32. The summed E-state index contributed by atoms with van der Waals surface area (Å²) < 4.78 is 5.28. The van der Waals surface area contributed by atoms with Crippen molar-refractivity contribution in [3.63, 3.8) is 0 Å². The van der Waals surface area contributed by atoms with E-state index in [9.17, 15) is 4.79 Å². The van der Waals surface area contributed by atoms with Crippen LogP contribution in [0.1, 0.15) is 6.42 Å². The van der Waals surface area contributed by atoms with Crippen molar-refractivity contribution in [2.45, 2.75) is 12.5 Å². The molecule has 64 valence electrons. The van der Waals surface area contributed by atoms with Gasteiger partial charge in [0.15, 0.2) is 0 Å². The van der Waals surface area contributed by atoms with Gasteiger partial charge in [-0.2, -0.15) is 0 Å². The molecule has 0 aromatic heterocycles. The molecular formula is C7H14N2O2. The number of carbonyl (C=O) groups is 1. The number of carbonyl (C=O) groups excluding carboxylic acids is 1. The quantitative estimate of drug-likeness (QED) is 0.548. The first-order chi connectivity index (χ1) is 5.34. The average Bonchev–Trinajstić information content (AvgIpc) is 2.18. The second-order valence-electron chi connectivity index (χ2n) is 2.56. The minimum atomic E-state index is -0.303. The molecule has 0 spiro atoms. The van der Waals surface area contributed by atoms with Crippen LogP contribution in [-0.2, 0) is 9.53 Å². The first kappa shape index (κ1) is 8.49. The maximum atomic E-state index is 11.1. The maximum Gasteiger partial charge on any atom is 0.250 e. The molecule has 0 saturated carbocycles. The summed E-state index contributed by atoms with van der Waals surface area (Å²) in [7, 11) is 1.81. The molecule has 1 fully saturated rings. The van der Waals surface area contributed by atoms with E-state index in [1.165, 1.54) is 0 Å². The summed E-state index contributed by atoms with van der Waals surface area (Å²) in [6.45, 7) is 2.00. The summed E-state index contributed by atoms with van der Waals surface area (Å²) >= 11 is 0. The van der Waals surface area contributed by atoms with Crippen LogP contribution >= 0.6 is 0 Å². The highest BCUT2D eigenvalue weighted by atomic mass is 16.5. The van der Waals surface area contributed by atoms with Gasteiger partial charge in [0.05, 0.1) is 0 Å². The number of hydrogen-bond acceptors (Lipinski definition) is 3. The van der Waals surface area contributed by atoms with Gasteiger partial charge in [0, 0.05) is 19.7 Å². The van der Waals surface area contributed by atoms with E-state index in [2.05, 4.69) is 10.6 Å². The van der Waals surface area contributed by atoms with Gasteiger partial charge in [-0.15, -0.1) is 0 Å². The molecule has 1 heterocycles. The van der Waals surface area contributed by atoms with E-state index < -0.39 is 0 Å². The largest absolute Gasteiger partial charge is 0.367 e. The molecule has 1 atom stereocenters. The molecule has 0 aromatic rings. The number of hydrogen-bond donors (Lipinski definition) is 2. The van der Waals surface area contributed by atoms with E-state index in [0.29, 0.717) is 13.2 Å². The number of ether oxygens (including phenoxy) is 1. The van der Waals surface area contributed by atoms with Crippen molar-refractivity contribution in [3.05, 3.63) is 0 Å². The highest BCUT2D eigenvalue weighted by Crippen LogP contribution is 1.97. The Balaban J connectivity index is 2.39. The molecule has 0 radical (unpaired) electrons. The van der Waals surface area contributed by atoms with Crippen molar-refractivity contribution in [1.82, 2.24) is 10.6 Å². The number of nitrogens with one attached hydrogen (secondary N) is 2. The van der Waals surface area contributed by atoms with Gasteiger partial charge in [0.2, 0.25) is 5.91 Å². The van der Waals surface area contributed by atoms with Gasteiger partial charge in [-0.1, -0.05) is 0 Å². The highest BCUT2D eigenvalue weighted by Gasteiger charge is 2.19. The molecule has 4 nitrogen and oxygen atoms in total. The van der Waals surface area contributed by atoms with Crippen molar-refractivity contribution < 1.29 is 9.53 Å². The van der Waals surface area contributed by atoms with Crippen LogP contribution in [0, 0.1) is 0 Å². The lowest BCUT2D eigenvalue weighted by Gasteiger charge is -2.11. The number of likely N-dealkylation sites (N-methyl/N-ethyl adjacent to an activating group) is 1. The summed E-state index contributed by atoms with van der Waals surface area (Å²) in [6, 6.07) is 0. The van der Waals surface area contributed by atoms with Crippen LogP contribution in [0.25, 0.3) is 0 Å². The zero-order valence-electron chi connectivity index (χ0n) is 6.72. The summed E-state index contributed by atoms with van der Waals surface area (Å²) in [4.78, 5) is 11.1. The Hall–Kier alpha value is -0.610. The molecule has 4 heteroatoms. The van der Waals surface area contributed by atoms with Gasteiger partial charge >= 0.3 is 0 Å². The predicted molar refractivity (Wildman–Crippen MR) is 41.3 cm³/mol. The second kappa shape index (κ2) is 4.31. The van der Waals surface area contributed by atoms with Gasteiger partial charge in [-0.25, -0.2) is 0 Å². The number of amides is 1. The average molecular weight is 158 g/mol. The fraction of sp³-hybridized carbons (Fsp3) is 0.857. The first-order valence-corrected chi connectivity index (χ1v) is 3.88. The van der Waals surface area contributed by atoms with Crippen molar-refractivity contribution >= 4 is 5.91 Å². The third-order valence-electron chi connectivity index (χ3n) is 1.62. The lowest BCUT2D eigenvalue weighted by atomic mass is 10.3. The Morgan fingerprint density at radius 1 is 1.82 bits per heavy atom. The van der Waals surface area contributed by atoms with Crippen LogP contribution in [0.15, 0.2) is 0 Å². The summed E-state index contributed by atoms with van der Waals surface area (Å²) in [5.74, 6) is -0.00292. The van der Waals surface area contributed by atoms with Crippen molar-refractivity contribution in [1.29, 1.82) is 0 Å². The van der Waals surface area contributed by atoms with Gasteiger partial charge in [0.1, 0.15) is 6.10 Å². The van der Waals surface area contributed by atoms with E-state index in [0.717, 1.165) is 13.0 Å². The molecule has 11 heavy (non-hydrogen) atoms. The Labute approximate surface area is 66.3 Å². The third-order valence-corrected chi connectivity index (χ3v) is 1.62. The SMILES string of the molecule is CNCC1OCCCNC1=O. The normalized spacial score (nSPS) is 25.9. The molecule has 0 aromatic carbocycles. The van der Waals surface area contributed by atoms with Gasteiger partial charge in [-0.05, 0) is 13.5 Å². The summed E-state index contributed by atoms with van der Waals surface area (Å²) in [5.41, 5.74) is 0. The summed E-state index contributed by atoms with van der Waals surface area (Å²) in [6.07, 6.45) is 0.605. The molecule has 1 saturated heterocycles. The smallest absolute Gasteiger partial charge is 0.250 e. The van der Waals surface area contributed by atoms with E-state index in [1.807, 2.05) is 7.05 Å². The standard InChI is InChI=1S/C7H14N2O2/c1-8-5-6-7(10)9-3-2-4-11-6/h6,8H,2-5H2,1H3,(H,9,10). The van der Waals surface area contributed by atoms with E-state index in [1.54, 1.807) is 0 Å². The molecule has 2 N–H and O–H groups in total. The fourth-order valence-electron chi connectivity index (χ4n) is 1.04. The third kappa shape index (κ3) is 2.48. The Bertz CT molecular complexity index is 138. The lowest BCUT2D eigenvalue weighted by Crippen LogP contribution is -2.40. The van der Waals surface area contributed by atoms with Gasteiger partial charge in [0.25, 0.3) is 0 Å². The Morgan fingerprint density at radius 3 is 3.36 bits per heavy atom. The van der Waals surface area contributed by atoms with E-state index >= 15 is 0 Å². The van der Waals surface area contributed by atoms with E-state index in [4.69, 9.17) is 4.74 Å². The maximum absolute atomic E-state index is 11.1. The van der Waals surface area contributed by atoms with Crippen LogP contribution in [0.3, 0.4) is 0 Å². The minimum absolute atomic E-state index is 0.00292. The van der Waals surface area contributed by atoms with Crippen molar-refractivity contribution in [2.24, 2.45) is 0 Å². The second-order valence-corrected chi connectivity index (χ2v) is 2.56. The molecule has 1 aliphatic heterocycles. The minimum Gasteiger partial charge on any atom is -0.367 e. The van der Waals surface area contributed by atoms with Crippen LogP contribution in [0.2, 0.25) is 0 Å². The zero-order chi connectivity index (χ0) is 8.10. The van der Waals surface area contributed by atoms with Crippen molar-refractivity contribution in [2.75, 3.05) is 26.7 Å². The fourth-order valence-corrected chi connectivity index (χ4v) is 1.04. The highest BCUT2D eigenvalue weighted by molar-refractivity contribution is 5.81. The topological polar surface area (TPSA) is 50.4 Å². The van der Waals surface area contributed by atoms with Crippen molar-refractivity contribution in [3.8, 4) is 0 Å². The number of rotatable bonds is 2. The monoisotopic (exact) mass is 158 g/mol. The van der Waals surface area contributed by atoms with E-state index in [-0.39, 0.29) is 12.0 Å². The first-order valence-electron chi connectivity index (χ1n) is 3.88. The zero-order valence-corrected chi connectivity index (χ0v) is 6.72. The predicted octanol–water partition coefficient (Wildman–Crippen LogP) is -0.889. The lowest BCUT2D eigenvalue weighted by molar-refractivity contribution is -0.130. The van der Waals surface area contributed by atoms with Crippen LogP contribution in [0.4, 0.5) is 0 Å². The molecule has 1 aliphatic rings. The molecule has 1 rings (SSSR count). The Morgan fingerprint density at radius 2 is 2.64 bits per heavy atom. The van der Waals surface area contributed by atoms with Gasteiger partial charge < -0.3 is 15.4 Å². The summed E-state index contributed by atoms with van der Waals surface area (Å²) in [5, 5.41) is 5.69.